The highest BCUT2D eigenvalue weighted by Crippen LogP contribution is 2.39. The molecule has 0 radical (unpaired) electrons. The third-order valence-electron chi connectivity index (χ3n) is 7.52. The number of imide groups is 1. The van der Waals surface area contributed by atoms with Gasteiger partial charge in [-0.05, 0) is 46.4 Å². The summed E-state index contributed by atoms with van der Waals surface area (Å²) in [5, 5.41) is 9.65. The fraction of sp³-hybridized carbons (Fsp3) is 0.194. The van der Waals surface area contributed by atoms with Gasteiger partial charge >= 0.3 is 17.5 Å². The molecule has 3 amide bonds. The van der Waals surface area contributed by atoms with Crippen LogP contribution < -0.4 is 26.3 Å². The van der Waals surface area contributed by atoms with Crippen LogP contribution in [0.4, 0.5) is 0 Å². The van der Waals surface area contributed by atoms with Gasteiger partial charge in [0.25, 0.3) is 0 Å². The molecule has 5 rings (SSSR count). The zero-order valence-electron chi connectivity index (χ0n) is 26.8. The zero-order chi connectivity index (χ0) is 34.2. The van der Waals surface area contributed by atoms with Crippen LogP contribution in [0.1, 0.15) is 48.9 Å². The molecule has 0 spiro atoms. The topological polar surface area (TPSA) is 162 Å². The predicted octanol–water partition coefficient (Wildman–Crippen LogP) is 4.37. The number of amides is 3. The number of nitrogens with two attached hydrogens (primary N) is 1. The Morgan fingerprint density at radius 1 is 0.854 bits per heavy atom. The van der Waals surface area contributed by atoms with Crippen molar-refractivity contribution in [2.24, 2.45) is 5.84 Å². The first-order chi connectivity index (χ1) is 23.1. The van der Waals surface area contributed by atoms with Crippen molar-refractivity contribution in [3.63, 3.8) is 0 Å². The molecule has 4 aromatic carbocycles. The second kappa shape index (κ2) is 15.1. The number of H-pyrrole nitrogens is 1. The summed E-state index contributed by atoms with van der Waals surface area (Å²) < 4.78 is 14.1. The number of carbonyl (C=O) groups excluding carboxylic acids is 3. The van der Waals surface area contributed by atoms with Crippen molar-refractivity contribution in [2.75, 3.05) is 0 Å². The molecule has 0 aliphatic rings. The van der Waals surface area contributed by atoms with Crippen LogP contribution in [-0.4, -0.2) is 37.5 Å². The number of hydrogen-bond donors (Lipinski definition) is 3. The molecule has 0 saturated heterocycles. The molecular formula is C36H36N6O6. The number of hydrogen-bond acceptors (Lipinski definition) is 8. The number of hydrazine groups is 1. The monoisotopic (exact) mass is 648 g/mol. The summed E-state index contributed by atoms with van der Waals surface area (Å²) in [4.78, 5) is 48.6. The normalized spacial score (nSPS) is 10.9. The van der Waals surface area contributed by atoms with E-state index in [4.69, 9.17) is 15.3 Å². The summed E-state index contributed by atoms with van der Waals surface area (Å²) >= 11 is 0. The summed E-state index contributed by atoms with van der Waals surface area (Å²) in [7, 11) is 0. The van der Waals surface area contributed by atoms with Crippen LogP contribution >= 0.6 is 0 Å². The van der Waals surface area contributed by atoms with E-state index >= 15 is 0 Å². The quantitative estimate of drug-likeness (QED) is 0.0823. The van der Waals surface area contributed by atoms with E-state index in [1.165, 1.54) is 4.57 Å². The molecule has 0 saturated carbocycles. The van der Waals surface area contributed by atoms with Crippen LogP contribution in [0.5, 0.6) is 11.5 Å². The van der Waals surface area contributed by atoms with E-state index in [1.807, 2.05) is 72.8 Å². The summed E-state index contributed by atoms with van der Waals surface area (Å²) in [5.41, 5.74) is 4.17. The first-order valence-electron chi connectivity index (χ1n) is 15.3. The first kappa shape index (κ1) is 33.4. The summed E-state index contributed by atoms with van der Waals surface area (Å²) in [6, 6.07) is 30.2. The van der Waals surface area contributed by atoms with Crippen molar-refractivity contribution in [3.05, 3.63) is 130 Å². The lowest BCUT2D eigenvalue weighted by Crippen LogP contribution is -2.48. The number of ether oxygens (including phenoxy) is 2. The number of aromatic nitrogens is 3. The lowest BCUT2D eigenvalue weighted by atomic mass is 9.98. The van der Waals surface area contributed by atoms with Gasteiger partial charge < -0.3 is 14.8 Å². The molecule has 1 aromatic heterocycles. The summed E-state index contributed by atoms with van der Waals surface area (Å²) in [6.45, 7) is 5.83. The second-order valence-electron chi connectivity index (χ2n) is 11.3. The van der Waals surface area contributed by atoms with Gasteiger partial charge in [0.15, 0.2) is 5.82 Å². The van der Waals surface area contributed by atoms with E-state index in [0.717, 1.165) is 23.6 Å². The molecule has 0 aliphatic heterocycles. The van der Waals surface area contributed by atoms with Crippen molar-refractivity contribution in [1.29, 1.82) is 0 Å². The number of nitrogens with zero attached hydrogens (tertiary/aromatic N) is 3. The lowest BCUT2D eigenvalue weighted by Gasteiger charge is -2.20. The number of aromatic amines is 1. The molecule has 246 valence electrons. The minimum absolute atomic E-state index is 0.0105. The first-order valence-corrected chi connectivity index (χ1v) is 15.3. The van der Waals surface area contributed by atoms with E-state index in [2.05, 4.69) is 29.4 Å². The molecule has 0 bridgehead atoms. The summed E-state index contributed by atoms with van der Waals surface area (Å²) in [6.07, 6.45) is 0. The molecule has 5 aromatic rings. The zero-order valence-corrected chi connectivity index (χ0v) is 26.8. The van der Waals surface area contributed by atoms with E-state index in [0.29, 0.717) is 40.7 Å². The van der Waals surface area contributed by atoms with E-state index in [-0.39, 0.29) is 24.1 Å². The van der Waals surface area contributed by atoms with Crippen LogP contribution in [0.2, 0.25) is 0 Å². The van der Waals surface area contributed by atoms with Gasteiger partial charge in [-0.15, -0.1) is 0 Å². The Hall–Kier alpha value is -6.01. The highest BCUT2D eigenvalue weighted by atomic mass is 16.5. The number of rotatable bonds is 11. The van der Waals surface area contributed by atoms with Gasteiger partial charge in [-0.2, -0.15) is 5.10 Å². The van der Waals surface area contributed by atoms with Gasteiger partial charge in [0.05, 0.1) is 11.3 Å². The maximum absolute atomic E-state index is 13.2. The van der Waals surface area contributed by atoms with Gasteiger partial charge in [0, 0.05) is 19.5 Å². The average Bonchev–Trinajstić information content (AvgIpc) is 3.49. The summed E-state index contributed by atoms with van der Waals surface area (Å²) in [5.74, 6) is 3.92. The van der Waals surface area contributed by atoms with Gasteiger partial charge in [-0.3, -0.25) is 14.4 Å². The molecule has 48 heavy (non-hydrogen) atoms. The Bertz CT molecular complexity index is 1950. The van der Waals surface area contributed by atoms with Crippen LogP contribution in [0.15, 0.2) is 102 Å². The maximum atomic E-state index is 13.2. The van der Waals surface area contributed by atoms with E-state index in [1.54, 1.807) is 24.3 Å². The Labute approximate surface area is 277 Å². The minimum Gasteiger partial charge on any atom is -0.488 e. The Balaban J connectivity index is 1.47. The van der Waals surface area contributed by atoms with Gasteiger partial charge in [0.2, 0.25) is 5.91 Å². The number of nitrogens with one attached hydrogen (secondary N) is 2. The third-order valence-corrected chi connectivity index (χ3v) is 7.52. The molecule has 0 fully saturated rings. The van der Waals surface area contributed by atoms with Crippen molar-refractivity contribution in [2.45, 2.75) is 46.4 Å². The molecule has 0 atom stereocenters. The third kappa shape index (κ3) is 7.85. The highest BCUT2D eigenvalue weighted by molar-refractivity contribution is 6.37. The number of carbonyl (C=O) groups is 3. The van der Waals surface area contributed by atoms with Crippen LogP contribution in [-0.2, 0) is 34.1 Å². The van der Waals surface area contributed by atoms with E-state index in [9.17, 15) is 19.2 Å². The maximum Gasteiger partial charge on any atom is 0.348 e. The largest absolute Gasteiger partial charge is 0.488 e. The van der Waals surface area contributed by atoms with Gasteiger partial charge in [-0.1, -0.05) is 86.6 Å². The highest BCUT2D eigenvalue weighted by Gasteiger charge is 2.23. The van der Waals surface area contributed by atoms with Crippen LogP contribution in [0.25, 0.3) is 17.1 Å². The van der Waals surface area contributed by atoms with Gasteiger partial charge in [0.1, 0.15) is 24.7 Å². The van der Waals surface area contributed by atoms with E-state index < -0.39 is 23.4 Å². The SMILES string of the molecule is CC(=O)N(N)C(=O)C(=O)NCc1ccc(-n2c(-c3cc(C(C)C)c(OCc4ccccc4)cc3OCc3ccccc3)n[nH]c2=O)cc1. The van der Waals surface area contributed by atoms with Gasteiger partial charge in [-0.25, -0.2) is 25.3 Å². The molecular weight excluding hydrogens is 612 g/mol. The Morgan fingerprint density at radius 3 is 2.00 bits per heavy atom. The van der Waals surface area contributed by atoms with Crippen LogP contribution in [0, 0.1) is 0 Å². The average molecular weight is 649 g/mol. The van der Waals surface area contributed by atoms with Crippen molar-refractivity contribution in [3.8, 4) is 28.6 Å². The molecule has 0 unspecified atom stereocenters. The molecule has 1 heterocycles. The van der Waals surface area contributed by atoms with Crippen molar-refractivity contribution in [1.82, 2.24) is 25.1 Å². The molecule has 0 aliphatic carbocycles. The molecule has 12 nitrogen and oxygen atoms in total. The smallest absolute Gasteiger partial charge is 0.348 e. The fourth-order valence-corrected chi connectivity index (χ4v) is 4.91. The predicted molar refractivity (Wildman–Crippen MR) is 179 cm³/mol. The number of benzene rings is 4. The van der Waals surface area contributed by atoms with Crippen molar-refractivity contribution < 1.29 is 23.9 Å². The fourth-order valence-electron chi connectivity index (χ4n) is 4.91. The molecule has 4 N–H and O–H groups in total. The minimum atomic E-state index is -1.17. The van der Waals surface area contributed by atoms with Crippen molar-refractivity contribution >= 4 is 17.7 Å². The van der Waals surface area contributed by atoms with Crippen LogP contribution in [0.3, 0.4) is 0 Å². The Kier molecular flexibility index (Phi) is 10.5. The Morgan fingerprint density at radius 2 is 1.44 bits per heavy atom. The second-order valence-corrected chi connectivity index (χ2v) is 11.3. The molecule has 12 heteroatoms. The standard InChI is InChI=1S/C36H36N6O6/c1-23(2)29-18-30(32(48-22-27-12-8-5-9-13-27)19-31(29)47-21-26-10-6-4-7-11-26)33-39-40-36(46)41(33)28-16-14-25(15-17-28)20-38-34(44)35(45)42(37)24(3)43/h4-19,23H,20-22,37H2,1-3H3,(H,38,44)(H,40,46). The lowest BCUT2D eigenvalue weighted by molar-refractivity contribution is -0.152.